The Bertz CT molecular complexity index is 957. The Morgan fingerprint density at radius 1 is 1.12 bits per heavy atom. The van der Waals surface area contributed by atoms with E-state index < -0.39 is 17.6 Å². The summed E-state index contributed by atoms with van der Waals surface area (Å²) in [7, 11) is 0. The number of alkyl halides is 3. The van der Waals surface area contributed by atoms with E-state index in [-0.39, 0.29) is 16.8 Å². The van der Waals surface area contributed by atoms with Gasteiger partial charge in [-0.2, -0.15) is 22.8 Å². The average molecular weight is 402 g/mol. The number of pyridine rings is 1. The highest BCUT2D eigenvalue weighted by Gasteiger charge is 2.31. The van der Waals surface area contributed by atoms with Crippen molar-refractivity contribution in [3.63, 3.8) is 0 Å². The van der Waals surface area contributed by atoms with Gasteiger partial charge in [0, 0.05) is 16.8 Å². The van der Waals surface area contributed by atoms with Crippen LogP contribution in [-0.4, -0.2) is 25.7 Å². The molecular weight excluding hydrogens is 394 g/mol. The van der Waals surface area contributed by atoms with Crippen molar-refractivity contribution in [2.24, 2.45) is 0 Å². The third kappa shape index (κ3) is 3.94. The third-order valence-electron chi connectivity index (χ3n) is 3.19. The SMILES string of the molecule is O=C(Nc1ncn(-c2ncc(C(F)(F)F)cc2Cl)n1)c1ccc(Cl)cc1. The van der Waals surface area contributed by atoms with Crippen molar-refractivity contribution >= 4 is 35.1 Å². The van der Waals surface area contributed by atoms with Crippen molar-refractivity contribution in [1.29, 1.82) is 0 Å². The highest BCUT2D eigenvalue weighted by Crippen LogP contribution is 2.31. The summed E-state index contributed by atoms with van der Waals surface area (Å²) in [6.07, 6.45) is -2.76. The number of halogens is 5. The second-order valence-electron chi connectivity index (χ2n) is 5.00. The van der Waals surface area contributed by atoms with Crippen molar-refractivity contribution in [3.8, 4) is 5.82 Å². The summed E-state index contributed by atoms with van der Waals surface area (Å²) < 4.78 is 39.0. The molecule has 0 unspecified atom stereocenters. The average Bonchev–Trinajstić information content (AvgIpc) is 3.02. The number of hydrogen-bond acceptors (Lipinski definition) is 4. The summed E-state index contributed by atoms with van der Waals surface area (Å²) in [5.74, 6) is -0.604. The molecule has 1 amide bonds. The van der Waals surface area contributed by atoms with Crippen LogP contribution in [0.2, 0.25) is 10.0 Å². The van der Waals surface area contributed by atoms with Crippen LogP contribution < -0.4 is 5.32 Å². The maximum atomic E-state index is 12.6. The van der Waals surface area contributed by atoms with E-state index >= 15 is 0 Å². The molecule has 0 atom stereocenters. The summed E-state index contributed by atoms with van der Waals surface area (Å²) in [5, 5.41) is 6.60. The molecule has 11 heteroatoms. The van der Waals surface area contributed by atoms with Crippen LogP contribution in [0.15, 0.2) is 42.9 Å². The van der Waals surface area contributed by atoms with Gasteiger partial charge in [-0.3, -0.25) is 10.1 Å². The Hall–Kier alpha value is -2.65. The molecule has 134 valence electrons. The molecule has 0 aliphatic carbocycles. The summed E-state index contributed by atoms with van der Waals surface area (Å²) in [6, 6.07) is 6.87. The van der Waals surface area contributed by atoms with E-state index in [0.717, 1.165) is 10.7 Å². The molecule has 0 saturated carbocycles. The van der Waals surface area contributed by atoms with Crippen molar-refractivity contribution in [3.05, 3.63) is 64.0 Å². The monoisotopic (exact) mass is 401 g/mol. The Balaban J connectivity index is 1.79. The van der Waals surface area contributed by atoms with Crippen molar-refractivity contribution in [2.45, 2.75) is 6.18 Å². The van der Waals surface area contributed by atoms with Crippen LogP contribution in [0.1, 0.15) is 15.9 Å². The molecule has 26 heavy (non-hydrogen) atoms. The highest BCUT2D eigenvalue weighted by atomic mass is 35.5. The van der Waals surface area contributed by atoms with Gasteiger partial charge in [0.1, 0.15) is 6.33 Å². The lowest BCUT2D eigenvalue weighted by Gasteiger charge is -2.08. The minimum atomic E-state index is -4.56. The van der Waals surface area contributed by atoms with Gasteiger partial charge in [-0.05, 0) is 30.3 Å². The van der Waals surface area contributed by atoms with E-state index in [0.29, 0.717) is 16.8 Å². The van der Waals surface area contributed by atoms with Gasteiger partial charge in [-0.25, -0.2) is 4.98 Å². The lowest BCUT2D eigenvalue weighted by atomic mass is 10.2. The Kier molecular flexibility index (Phi) is 4.84. The smallest absolute Gasteiger partial charge is 0.289 e. The first-order valence-corrected chi connectivity index (χ1v) is 7.71. The van der Waals surface area contributed by atoms with Crippen LogP contribution in [0.5, 0.6) is 0 Å². The van der Waals surface area contributed by atoms with Gasteiger partial charge < -0.3 is 0 Å². The van der Waals surface area contributed by atoms with Gasteiger partial charge in [-0.1, -0.05) is 23.2 Å². The number of aromatic nitrogens is 4. The minimum Gasteiger partial charge on any atom is -0.289 e. The van der Waals surface area contributed by atoms with Crippen molar-refractivity contribution in [2.75, 3.05) is 5.32 Å². The molecule has 0 fully saturated rings. The van der Waals surface area contributed by atoms with Gasteiger partial charge in [0.15, 0.2) is 5.82 Å². The fourth-order valence-electron chi connectivity index (χ4n) is 1.95. The van der Waals surface area contributed by atoms with Gasteiger partial charge in [0.2, 0.25) is 5.95 Å². The maximum absolute atomic E-state index is 12.6. The van der Waals surface area contributed by atoms with Crippen LogP contribution in [-0.2, 0) is 6.18 Å². The predicted octanol–water partition coefficient (Wildman–Crippen LogP) is 4.24. The number of carbonyl (C=O) groups excluding carboxylic acids is 1. The second-order valence-corrected chi connectivity index (χ2v) is 5.84. The second kappa shape index (κ2) is 6.93. The molecule has 0 bridgehead atoms. The number of benzene rings is 1. The normalized spacial score (nSPS) is 11.4. The lowest BCUT2D eigenvalue weighted by Crippen LogP contribution is -2.13. The number of rotatable bonds is 3. The number of hydrogen-bond donors (Lipinski definition) is 1. The zero-order valence-electron chi connectivity index (χ0n) is 12.6. The number of nitrogens with zero attached hydrogens (tertiary/aromatic N) is 4. The topological polar surface area (TPSA) is 72.7 Å². The first kappa shape index (κ1) is 18.2. The number of anilines is 1. The number of carbonyl (C=O) groups is 1. The molecule has 0 spiro atoms. The van der Waals surface area contributed by atoms with Crippen LogP contribution in [0.3, 0.4) is 0 Å². The summed E-state index contributed by atoms with van der Waals surface area (Å²) in [4.78, 5) is 19.6. The zero-order chi connectivity index (χ0) is 18.9. The first-order valence-electron chi connectivity index (χ1n) is 6.96. The van der Waals surface area contributed by atoms with E-state index in [1.54, 1.807) is 12.1 Å². The molecule has 3 rings (SSSR count). The van der Waals surface area contributed by atoms with E-state index in [1.165, 1.54) is 18.5 Å². The molecule has 0 saturated heterocycles. The Morgan fingerprint density at radius 2 is 1.81 bits per heavy atom. The van der Waals surface area contributed by atoms with Crippen LogP contribution in [0.4, 0.5) is 19.1 Å². The van der Waals surface area contributed by atoms with E-state index in [9.17, 15) is 18.0 Å². The highest BCUT2D eigenvalue weighted by molar-refractivity contribution is 6.32. The fraction of sp³-hybridized carbons (Fsp3) is 0.0667. The fourth-order valence-corrected chi connectivity index (χ4v) is 2.33. The third-order valence-corrected chi connectivity index (χ3v) is 3.72. The predicted molar refractivity (Wildman–Crippen MR) is 88.6 cm³/mol. The molecule has 2 heterocycles. The van der Waals surface area contributed by atoms with Crippen molar-refractivity contribution in [1.82, 2.24) is 19.7 Å². The van der Waals surface area contributed by atoms with Crippen LogP contribution in [0.25, 0.3) is 5.82 Å². The Morgan fingerprint density at radius 3 is 2.42 bits per heavy atom. The molecule has 0 radical (unpaired) electrons. The minimum absolute atomic E-state index is 0.0563. The standard InChI is InChI=1S/C15H8Cl2F3N5O/c16-10-3-1-8(2-4-10)13(26)23-14-22-7-25(24-14)12-11(17)5-9(6-21-12)15(18,19)20/h1-7H,(H,23,24,26). The van der Waals surface area contributed by atoms with Crippen LogP contribution >= 0.6 is 23.2 Å². The summed E-state index contributed by atoms with van der Waals surface area (Å²) in [6.45, 7) is 0. The van der Waals surface area contributed by atoms with E-state index in [4.69, 9.17) is 23.2 Å². The number of nitrogens with one attached hydrogen (secondary N) is 1. The molecule has 1 N–H and O–H groups in total. The van der Waals surface area contributed by atoms with Crippen molar-refractivity contribution < 1.29 is 18.0 Å². The number of amides is 1. The largest absolute Gasteiger partial charge is 0.417 e. The molecular formula is C15H8Cl2F3N5O. The zero-order valence-corrected chi connectivity index (χ0v) is 14.1. The molecule has 1 aromatic carbocycles. The lowest BCUT2D eigenvalue weighted by molar-refractivity contribution is -0.137. The maximum Gasteiger partial charge on any atom is 0.417 e. The molecule has 3 aromatic rings. The van der Waals surface area contributed by atoms with Gasteiger partial charge in [0.25, 0.3) is 5.91 Å². The quantitative estimate of drug-likeness (QED) is 0.712. The summed E-state index contributed by atoms with van der Waals surface area (Å²) >= 11 is 11.6. The Labute approximate surface area is 154 Å². The van der Waals surface area contributed by atoms with E-state index in [1.807, 2.05) is 0 Å². The van der Waals surface area contributed by atoms with E-state index in [2.05, 4.69) is 20.4 Å². The molecule has 2 aromatic heterocycles. The van der Waals surface area contributed by atoms with Gasteiger partial charge in [-0.15, -0.1) is 5.10 Å². The molecule has 0 aliphatic heterocycles. The van der Waals surface area contributed by atoms with Gasteiger partial charge in [0.05, 0.1) is 10.6 Å². The van der Waals surface area contributed by atoms with Crippen LogP contribution in [0, 0.1) is 0 Å². The van der Waals surface area contributed by atoms with Gasteiger partial charge >= 0.3 is 6.18 Å². The molecule has 0 aliphatic rings. The summed E-state index contributed by atoms with van der Waals surface area (Å²) in [5.41, 5.74) is -0.654. The first-order chi connectivity index (χ1) is 12.2. The molecule has 6 nitrogen and oxygen atoms in total.